The second-order valence-corrected chi connectivity index (χ2v) is 6.27. The highest BCUT2D eigenvalue weighted by atomic mass is 16.5. The molecule has 2 fully saturated rings. The number of nitrogens with zero attached hydrogens (tertiary/aromatic N) is 2. The predicted molar refractivity (Wildman–Crippen MR) is 86.0 cm³/mol. The second kappa shape index (κ2) is 9.45. The quantitative estimate of drug-likeness (QED) is 0.686. The van der Waals surface area contributed by atoms with Gasteiger partial charge >= 0.3 is 0 Å². The molecule has 0 saturated carbocycles. The highest BCUT2D eigenvalue weighted by Gasteiger charge is 2.25. The van der Waals surface area contributed by atoms with Crippen molar-refractivity contribution in [2.75, 3.05) is 59.2 Å². The van der Waals surface area contributed by atoms with E-state index in [-0.39, 0.29) is 5.91 Å². The van der Waals surface area contributed by atoms with Gasteiger partial charge in [-0.1, -0.05) is 0 Å². The molecule has 0 spiro atoms. The Morgan fingerprint density at radius 1 is 1.32 bits per heavy atom. The van der Waals surface area contributed by atoms with Gasteiger partial charge in [-0.25, -0.2) is 0 Å². The number of hydrogen-bond acceptors (Lipinski definition) is 5. The summed E-state index contributed by atoms with van der Waals surface area (Å²) in [5.74, 6) is 0.155. The standard InChI is InChI=1S/C16H31N3O3/c1-3-21-11-8-19-7-6-18(12-14(19)2)13-16(20)17-15-4-9-22-10-5-15/h14-15H,3-13H2,1-2H3,(H,17,20). The Bertz CT molecular complexity index is 335. The Balaban J connectivity index is 1.65. The third-order valence-corrected chi connectivity index (χ3v) is 4.53. The Kier molecular flexibility index (Phi) is 7.59. The van der Waals surface area contributed by atoms with Crippen molar-refractivity contribution >= 4 is 5.91 Å². The van der Waals surface area contributed by atoms with E-state index in [1.54, 1.807) is 0 Å². The summed E-state index contributed by atoms with van der Waals surface area (Å²) in [5, 5.41) is 3.14. The number of nitrogens with one attached hydrogen (secondary N) is 1. The van der Waals surface area contributed by atoms with Gasteiger partial charge in [0.25, 0.3) is 0 Å². The number of carbonyl (C=O) groups excluding carboxylic acids is 1. The first-order chi connectivity index (χ1) is 10.7. The second-order valence-electron chi connectivity index (χ2n) is 6.27. The molecule has 0 bridgehead atoms. The number of amides is 1. The molecule has 128 valence electrons. The summed E-state index contributed by atoms with van der Waals surface area (Å²) < 4.78 is 10.8. The molecule has 2 saturated heterocycles. The third kappa shape index (κ3) is 5.83. The number of piperazine rings is 1. The normalized spacial score (nSPS) is 25.3. The molecular weight excluding hydrogens is 282 g/mol. The first-order valence-electron chi connectivity index (χ1n) is 8.60. The zero-order chi connectivity index (χ0) is 15.8. The summed E-state index contributed by atoms with van der Waals surface area (Å²) in [4.78, 5) is 16.9. The van der Waals surface area contributed by atoms with Crippen LogP contribution >= 0.6 is 0 Å². The SMILES string of the molecule is CCOCCN1CCN(CC(=O)NC2CCOCC2)CC1C. The van der Waals surface area contributed by atoms with Crippen LogP contribution in [0.1, 0.15) is 26.7 Å². The predicted octanol–water partition coefficient (Wildman–Crippen LogP) is 0.324. The molecule has 0 aromatic carbocycles. The van der Waals surface area contributed by atoms with Crippen LogP contribution in [0.4, 0.5) is 0 Å². The first kappa shape index (κ1) is 17.7. The molecule has 1 unspecified atom stereocenters. The molecule has 0 radical (unpaired) electrons. The van der Waals surface area contributed by atoms with E-state index in [9.17, 15) is 4.79 Å². The lowest BCUT2D eigenvalue weighted by atomic mass is 10.1. The zero-order valence-electron chi connectivity index (χ0n) is 14.1. The van der Waals surface area contributed by atoms with Crippen molar-refractivity contribution in [3.8, 4) is 0 Å². The summed E-state index contributed by atoms with van der Waals surface area (Å²) in [5.41, 5.74) is 0. The summed E-state index contributed by atoms with van der Waals surface area (Å²) in [6.07, 6.45) is 1.88. The van der Waals surface area contributed by atoms with E-state index in [1.165, 1.54) is 0 Å². The van der Waals surface area contributed by atoms with Crippen LogP contribution in [-0.4, -0.2) is 86.9 Å². The maximum atomic E-state index is 12.2. The third-order valence-electron chi connectivity index (χ3n) is 4.53. The molecule has 1 atom stereocenters. The molecule has 6 nitrogen and oxygen atoms in total. The lowest BCUT2D eigenvalue weighted by molar-refractivity contribution is -0.124. The smallest absolute Gasteiger partial charge is 0.234 e. The van der Waals surface area contributed by atoms with Crippen LogP contribution in [0.25, 0.3) is 0 Å². The van der Waals surface area contributed by atoms with Gasteiger partial charge in [0.2, 0.25) is 5.91 Å². The molecule has 22 heavy (non-hydrogen) atoms. The van der Waals surface area contributed by atoms with E-state index in [0.717, 1.165) is 65.4 Å². The van der Waals surface area contributed by atoms with Crippen molar-refractivity contribution in [1.29, 1.82) is 0 Å². The zero-order valence-corrected chi connectivity index (χ0v) is 14.1. The Morgan fingerprint density at radius 2 is 2.09 bits per heavy atom. The first-order valence-corrected chi connectivity index (χ1v) is 8.60. The van der Waals surface area contributed by atoms with Gasteiger partial charge in [-0.15, -0.1) is 0 Å². The van der Waals surface area contributed by atoms with Crippen molar-refractivity contribution in [3.63, 3.8) is 0 Å². The number of rotatable bonds is 7. The summed E-state index contributed by atoms with van der Waals surface area (Å²) in [6.45, 7) is 11.8. The molecule has 0 aromatic rings. The van der Waals surface area contributed by atoms with Gasteiger partial charge in [-0.05, 0) is 26.7 Å². The fourth-order valence-electron chi connectivity index (χ4n) is 3.19. The van der Waals surface area contributed by atoms with Gasteiger partial charge in [0.1, 0.15) is 0 Å². The molecule has 6 heteroatoms. The van der Waals surface area contributed by atoms with Gasteiger partial charge in [0.05, 0.1) is 13.2 Å². The van der Waals surface area contributed by atoms with Crippen LogP contribution in [0.5, 0.6) is 0 Å². The molecule has 2 aliphatic rings. The van der Waals surface area contributed by atoms with E-state index in [2.05, 4.69) is 22.0 Å². The number of hydrogen-bond donors (Lipinski definition) is 1. The molecular formula is C16H31N3O3. The summed E-state index contributed by atoms with van der Waals surface area (Å²) >= 11 is 0. The van der Waals surface area contributed by atoms with Gasteiger partial charge in [0, 0.05) is 58.1 Å². The average Bonchev–Trinajstić information content (AvgIpc) is 2.50. The maximum Gasteiger partial charge on any atom is 0.234 e. The Morgan fingerprint density at radius 3 is 2.77 bits per heavy atom. The minimum Gasteiger partial charge on any atom is -0.381 e. The van der Waals surface area contributed by atoms with Gasteiger partial charge < -0.3 is 14.8 Å². The van der Waals surface area contributed by atoms with Crippen LogP contribution < -0.4 is 5.32 Å². The van der Waals surface area contributed by atoms with Gasteiger partial charge in [-0.3, -0.25) is 14.6 Å². The topological polar surface area (TPSA) is 54.0 Å². The fourth-order valence-corrected chi connectivity index (χ4v) is 3.19. The average molecular weight is 313 g/mol. The van der Waals surface area contributed by atoms with Crippen molar-refractivity contribution in [3.05, 3.63) is 0 Å². The van der Waals surface area contributed by atoms with Crippen molar-refractivity contribution in [2.45, 2.75) is 38.8 Å². The van der Waals surface area contributed by atoms with Crippen molar-refractivity contribution in [1.82, 2.24) is 15.1 Å². The van der Waals surface area contributed by atoms with E-state index in [4.69, 9.17) is 9.47 Å². The Hall–Kier alpha value is -0.690. The van der Waals surface area contributed by atoms with Crippen LogP contribution in [0.15, 0.2) is 0 Å². The monoisotopic (exact) mass is 313 g/mol. The van der Waals surface area contributed by atoms with E-state index in [0.29, 0.717) is 18.6 Å². The molecule has 2 rings (SSSR count). The van der Waals surface area contributed by atoms with Crippen LogP contribution in [0, 0.1) is 0 Å². The maximum absolute atomic E-state index is 12.2. The molecule has 1 N–H and O–H groups in total. The highest BCUT2D eigenvalue weighted by Crippen LogP contribution is 2.10. The molecule has 2 aliphatic heterocycles. The number of carbonyl (C=O) groups is 1. The van der Waals surface area contributed by atoms with Crippen LogP contribution in [0.2, 0.25) is 0 Å². The van der Waals surface area contributed by atoms with Gasteiger partial charge in [-0.2, -0.15) is 0 Å². The van der Waals surface area contributed by atoms with Crippen LogP contribution in [-0.2, 0) is 14.3 Å². The van der Waals surface area contributed by atoms with E-state index < -0.39 is 0 Å². The lowest BCUT2D eigenvalue weighted by Crippen LogP contribution is -2.55. The minimum atomic E-state index is 0.155. The highest BCUT2D eigenvalue weighted by molar-refractivity contribution is 5.78. The fraction of sp³-hybridized carbons (Fsp3) is 0.938. The lowest BCUT2D eigenvalue weighted by Gasteiger charge is -2.39. The molecule has 2 heterocycles. The van der Waals surface area contributed by atoms with Crippen molar-refractivity contribution < 1.29 is 14.3 Å². The van der Waals surface area contributed by atoms with Crippen molar-refractivity contribution in [2.24, 2.45) is 0 Å². The largest absolute Gasteiger partial charge is 0.381 e. The van der Waals surface area contributed by atoms with E-state index >= 15 is 0 Å². The molecule has 1 amide bonds. The summed E-state index contributed by atoms with van der Waals surface area (Å²) in [6, 6.07) is 0.774. The van der Waals surface area contributed by atoms with Gasteiger partial charge in [0.15, 0.2) is 0 Å². The summed E-state index contributed by atoms with van der Waals surface area (Å²) in [7, 11) is 0. The number of ether oxygens (including phenoxy) is 2. The molecule has 0 aliphatic carbocycles. The van der Waals surface area contributed by atoms with Crippen LogP contribution in [0.3, 0.4) is 0 Å². The minimum absolute atomic E-state index is 0.155. The van der Waals surface area contributed by atoms with E-state index in [1.807, 2.05) is 6.92 Å². The Labute approximate surface area is 134 Å². The molecule has 0 aromatic heterocycles.